The van der Waals surface area contributed by atoms with Gasteiger partial charge in [-0.2, -0.15) is 11.8 Å². The molecular weight excluding hydrogens is 224 g/mol. The molecule has 1 saturated heterocycles. The summed E-state index contributed by atoms with van der Waals surface area (Å²) in [7, 11) is 0. The molecule has 3 nitrogen and oxygen atoms in total. The molecule has 1 N–H and O–H groups in total. The molecule has 2 atom stereocenters. The van der Waals surface area contributed by atoms with Crippen LogP contribution in [0.5, 0.6) is 0 Å². The normalized spacial score (nSPS) is 24.8. The molecule has 0 aliphatic carbocycles. The molecule has 0 radical (unpaired) electrons. The van der Waals surface area contributed by atoms with Crippen LogP contribution in [0.3, 0.4) is 0 Å². The van der Waals surface area contributed by atoms with Gasteiger partial charge in [-0.05, 0) is 6.42 Å². The molecule has 0 amide bonds. The Bertz CT molecular complexity index is 208. The van der Waals surface area contributed by atoms with Gasteiger partial charge in [-0.3, -0.25) is 4.79 Å². The summed E-state index contributed by atoms with van der Waals surface area (Å²) in [6.45, 7) is 2.92. The lowest BCUT2D eigenvalue weighted by molar-refractivity contribution is -0.145. The monoisotopic (exact) mass is 246 g/mol. The highest BCUT2D eigenvalue weighted by Crippen LogP contribution is 2.27. The number of unbranched alkanes of at least 4 members (excludes halogenated alkanes) is 4. The maximum absolute atomic E-state index is 10.9. The maximum Gasteiger partial charge on any atom is 0.310 e. The Hall–Kier alpha value is -0.220. The summed E-state index contributed by atoms with van der Waals surface area (Å²) in [5, 5.41) is 8.96. The molecule has 16 heavy (non-hydrogen) atoms. The molecule has 94 valence electrons. The second kappa shape index (κ2) is 7.96. The molecule has 1 aliphatic heterocycles. The first-order valence-corrected chi connectivity index (χ1v) is 7.33. The van der Waals surface area contributed by atoms with Crippen molar-refractivity contribution >= 4 is 17.7 Å². The first-order valence-electron chi connectivity index (χ1n) is 6.18. The van der Waals surface area contributed by atoms with Gasteiger partial charge in [0.15, 0.2) is 0 Å². The van der Waals surface area contributed by atoms with E-state index in [1.54, 1.807) is 11.8 Å². The van der Waals surface area contributed by atoms with E-state index in [9.17, 15) is 4.79 Å². The largest absolute Gasteiger partial charge is 0.481 e. The van der Waals surface area contributed by atoms with Crippen LogP contribution in [0, 0.1) is 5.92 Å². The van der Waals surface area contributed by atoms with Crippen molar-refractivity contribution in [2.45, 2.75) is 45.1 Å². The molecule has 1 rings (SSSR count). The van der Waals surface area contributed by atoms with E-state index in [2.05, 4.69) is 6.92 Å². The minimum Gasteiger partial charge on any atom is -0.481 e. The Kier molecular flexibility index (Phi) is 6.88. The van der Waals surface area contributed by atoms with E-state index >= 15 is 0 Å². The number of carbonyl (C=O) groups is 1. The zero-order chi connectivity index (χ0) is 11.8. The SMILES string of the molecule is CCCCCCCOC1CSCC1C(=O)O. The number of carboxylic acids is 1. The summed E-state index contributed by atoms with van der Waals surface area (Å²) in [5.41, 5.74) is 0. The summed E-state index contributed by atoms with van der Waals surface area (Å²) in [5.74, 6) is 0.545. The minimum atomic E-state index is -0.707. The predicted molar refractivity (Wildman–Crippen MR) is 66.9 cm³/mol. The van der Waals surface area contributed by atoms with E-state index in [-0.39, 0.29) is 12.0 Å². The molecule has 4 heteroatoms. The standard InChI is InChI=1S/C12H22O3S/c1-2-3-4-5-6-7-15-11-9-16-8-10(11)12(13)14/h10-11H,2-9H2,1H3,(H,13,14). The quantitative estimate of drug-likeness (QED) is 0.669. The Labute approximate surface area is 102 Å². The summed E-state index contributed by atoms with van der Waals surface area (Å²) in [4.78, 5) is 10.9. The first-order chi connectivity index (χ1) is 7.75. The Balaban J connectivity index is 2.05. The second-order valence-corrected chi connectivity index (χ2v) is 5.38. The van der Waals surface area contributed by atoms with Crippen LogP contribution in [0.15, 0.2) is 0 Å². The van der Waals surface area contributed by atoms with E-state index in [4.69, 9.17) is 9.84 Å². The average Bonchev–Trinajstić information content (AvgIpc) is 2.71. The topological polar surface area (TPSA) is 46.5 Å². The van der Waals surface area contributed by atoms with E-state index in [0.717, 1.165) is 18.8 Å². The summed E-state index contributed by atoms with van der Waals surface area (Å²) >= 11 is 1.68. The summed E-state index contributed by atoms with van der Waals surface area (Å²) in [6.07, 6.45) is 6.01. The number of hydrogen-bond acceptors (Lipinski definition) is 3. The second-order valence-electron chi connectivity index (χ2n) is 4.31. The Morgan fingerprint density at radius 3 is 2.75 bits per heavy atom. The van der Waals surface area contributed by atoms with Crippen molar-refractivity contribution in [3.8, 4) is 0 Å². The highest BCUT2D eigenvalue weighted by molar-refractivity contribution is 7.99. The molecule has 0 bridgehead atoms. The van der Waals surface area contributed by atoms with Gasteiger partial charge < -0.3 is 9.84 Å². The van der Waals surface area contributed by atoms with Gasteiger partial charge in [-0.15, -0.1) is 0 Å². The zero-order valence-electron chi connectivity index (χ0n) is 9.98. The predicted octanol–water partition coefficient (Wildman–Crippen LogP) is 2.79. The van der Waals surface area contributed by atoms with Gasteiger partial charge in [0.2, 0.25) is 0 Å². The van der Waals surface area contributed by atoms with Crippen LogP contribution < -0.4 is 0 Å². The van der Waals surface area contributed by atoms with Crippen LogP contribution >= 0.6 is 11.8 Å². The Morgan fingerprint density at radius 1 is 1.31 bits per heavy atom. The molecule has 2 unspecified atom stereocenters. The number of carboxylic acid groups (broad SMARTS) is 1. The molecule has 1 fully saturated rings. The number of thioether (sulfide) groups is 1. The number of aliphatic carboxylic acids is 1. The van der Waals surface area contributed by atoms with Crippen LogP contribution in [0.4, 0.5) is 0 Å². The molecule has 0 aromatic rings. The van der Waals surface area contributed by atoms with Crippen molar-refractivity contribution in [3.63, 3.8) is 0 Å². The van der Waals surface area contributed by atoms with Crippen molar-refractivity contribution in [1.29, 1.82) is 0 Å². The third-order valence-corrected chi connectivity index (χ3v) is 4.08. The maximum atomic E-state index is 10.9. The van der Waals surface area contributed by atoms with Crippen LogP contribution in [-0.4, -0.2) is 35.3 Å². The fraction of sp³-hybridized carbons (Fsp3) is 0.917. The van der Waals surface area contributed by atoms with Crippen LogP contribution in [0.25, 0.3) is 0 Å². The lowest BCUT2D eigenvalue weighted by Gasteiger charge is -2.15. The summed E-state index contributed by atoms with van der Waals surface area (Å²) in [6, 6.07) is 0. The number of ether oxygens (including phenoxy) is 1. The van der Waals surface area contributed by atoms with Crippen molar-refractivity contribution in [2.75, 3.05) is 18.1 Å². The van der Waals surface area contributed by atoms with Gasteiger partial charge in [0.05, 0.1) is 12.0 Å². The van der Waals surface area contributed by atoms with Gasteiger partial charge in [0, 0.05) is 18.1 Å². The smallest absolute Gasteiger partial charge is 0.310 e. The zero-order valence-corrected chi connectivity index (χ0v) is 10.8. The lowest BCUT2D eigenvalue weighted by Crippen LogP contribution is -2.29. The van der Waals surface area contributed by atoms with Crippen molar-refractivity contribution in [2.24, 2.45) is 5.92 Å². The molecule has 1 heterocycles. The van der Waals surface area contributed by atoms with E-state index in [0.29, 0.717) is 5.75 Å². The fourth-order valence-corrected chi connectivity index (χ4v) is 3.18. The third kappa shape index (κ3) is 4.74. The molecule has 0 saturated carbocycles. The van der Waals surface area contributed by atoms with Gasteiger partial charge in [-0.25, -0.2) is 0 Å². The lowest BCUT2D eigenvalue weighted by atomic mass is 10.1. The molecule has 1 aliphatic rings. The Morgan fingerprint density at radius 2 is 2.06 bits per heavy atom. The first kappa shape index (κ1) is 13.8. The van der Waals surface area contributed by atoms with E-state index in [1.165, 1.54) is 25.7 Å². The number of hydrogen-bond donors (Lipinski definition) is 1. The van der Waals surface area contributed by atoms with Crippen LogP contribution in [0.1, 0.15) is 39.0 Å². The molecule has 0 aromatic carbocycles. The van der Waals surface area contributed by atoms with Gasteiger partial charge in [0.1, 0.15) is 0 Å². The highest BCUT2D eigenvalue weighted by atomic mass is 32.2. The molecular formula is C12H22O3S. The average molecular weight is 246 g/mol. The fourth-order valence-electron chi connectivity index (χ4n) is 1.87. The number of rotatable bonds is 8. The van der Waals surface area contributed by atoms with Gasteiger partial charge in [0.25, 0.3) is 0 Å². The molecule has 0 spiro atoms. The summed E-state index contributed by atoms with van der Waals surface area (Å²) < 4.78 is 5.66. The van der Waals surface area contributed by atoms with Crippen molar-refractivity contribution in [1.82, 2.24) is 0 Å². The van der Waals surface area contributed by atoms with Crippen molar-refractivity contribution < 1.29 is 14.6 Å². The minimum absolute atomic E-state index is 0.0614. The van der Waals surface area contributed by atoms with Gasteiger partial charge in [-0.1, -0.05) is 32.6 Å². The van der Waals surface area contributed by atoms with Gasteiger partial charge >= 0.3 is 5.97 Å². The van der Waals surface area contributed by atoms with Crippen LogP contribution in [-0.2, 0) is 9.53 Å². The highest BCUT2D eigenvalue weighted by Gasteiger charge is 2.33. The van der Waals surface area contributed by atoms with Crippen LogP contribution in [0.2, 0.25) is 0 Å². The molecule has 0 aromatic heterocycles. The van der Waals surface area contributed by atoms with E-state index in [1.807, 2.05) is 0 Å². The third-order valence-electron chi connectivity index (χ3n) is 2.93. The van der Waals surface area contributed by atoms with Crippen molar-refractivity contribution in [3.05, 3.63) is 0 Å². The van der Waals surface area contributed by atoms with E-state index < -0.39 is 5.97 Å².